The molecule has 6 nitrogen and oxygen atoms in total. The van der Waals surface area contributed by atoms with Crippen LogP contribution in [-0.4, -0.2) is 51.2 Å². The number of piperidine rings is 1. The van der Waals surface area contributed by atoms with Gasteiger partial charge >= 0.3 is 5.97 Å². The van der Waals surface area contributed by atoms with Gasteiger partial charge in [0.2, 0.25) is 0 Å². The van der Waals surface area contributed by atoms with E-state index in [2.05, 4.69) is 22.6 Å². The van der Waals surface area contributed by atoms with Crippen LogP contribution in [0.1, 0.15) is 23.2 Å². The van der Waals surface area contributed by atoms with Gasteiger partial charge in [-0.2, -0.15) is 0 Å². The molecule has 0 aromatic heterocycles. The van der Waals surface area contributed by atoms with Gasteiger partial charge in [-0.3, -0.25) is 9.59 Å². The van der Waals surface area contributed by atoms with Crippen LogP contribution < -0.4 is 9.47 Å². The molecule has 1 aliphatic heterocycles. The van der Waals surface area contributed by atoms with Crippen molar-refractivity contribution < 1.29 is 23.8 Å². The van der Waals surface area contributed by atoms with Crippen molar-refractivity contribution in [2.45, 2.75) is 12.8 Å². The van der Waals surface area contributed by atoms with Crippen molar-refractivity contribution in [3.8, 4) is 11.5 Å². The minimum absolute atomic E-state index is 0.0568. The summed E-state index contributed by atoms with van der Waals surface area (Å²) in [5, 5.41) is 0. The monoisotopic (exact) mass is 433 g/mol. The summed E-state index contributed by atoms with van der Waals surface area (Å²) in [7, 11) is 4.50. The Bertz CT molecular complexity index is 596. The van der Waals surface area contributed by atoms with Crippen LogP contribution >= 0.6 is 22.6 Å². The highest BCUT2D eigenvalue weighted by Gasteiger charge is 2.29. The van der Waals surface area contributed by atoms with E-state index in [0.717, 1.165) is 3.57 Å². The molecule has 0 aliphatic carbocycles. The van der Waals surface area contributed by atoms with Gasteiger partial charge in [-0.05, 0) is 47.6 Å². The molecule has 1 amide bonds. The summed E-state index contributed by atoms with van der Waals surface area (Å²) in [6.07, 6.45) is 1.25. The van der Waals surface area contributed by atoms with Crippen molar-refractivity contribution in [1.29, 1.82) is 0 Å². The summed E-state index contributed by atoms with van der Waals surface area (Å²) in [5.74, 6) is 0.753. The number of carbonyl (C=O) groups is 2. The number of amides is 1. The molecule has 1 fully saturated rings. The molecule has 0 N–H and O–H groups in total. The molecule has 7 heteroatoms. The van der Waals surface area contributed by atoms with Crippen molar-refractivity contribution >= 4 is 34.5 Å². The molecule has 0 atom stereocenters. The molecule has 2 rings (SSSR count). The average Bonchev–Trinajstić information content (AvgIpc) is 2.60. The molecule has 1 heterocycles. The quantitative estimate of drug-likeness (QED) is 0.539. The van der Waals surface area contributed by atoms with Gasteiger partial charge in [-0.25, -0.2) is 0 Å². The maximum absolute atomic E-state index is 12.7. The van der Waals surface area contributed by atoms with Gasteiger partial charge in [0.1, 0.15) is 0 Å². The Morgan fingerprint density at radius 3 is 2.17 bits per heavy atom. The van der Waals surface area contributed by atoms with Crippen LogP contribution in [0.2, 0.25) is 0 Å². The second-order valence-electron chi connectivity index (χ2n) is 5.28. The van der Waals surface area contributed by atoms with Crippen molar-refractivity contribution in [2.75, 3.05) is 34.4 Å². The highest BCUT2D eigenvalue weighted by atomic mass is 127. The predicted octanol–water partition coefficient (Wildman–Crippen LogP) is 2.33. The third kappa shape index (κ3) is 3.88. The Balaban J connectivity index is 2.14. The fourth-order valence-corrected chi connectivity index (χ4v) is 3.34. The van der Waals surface area contributed by atoms with Crippen LogP contribution in [0, 0.1) is 9.49 Å². The van der Waals surface area contributed by atoms with E-state index in [0.29, 0.717) is 43.0 Å². The Hall–Kier alpha value is -1.51. The SMILES string of the molecule is COC(=O)C1CCN(C(=O)c2cc(OC)c(OC)cc2I)CC1. The Kier molecular flexibility index (Phi) is 6.09. The fourth-order valence-electron chi connectivity index (χ4n) is 2.67. The smallest absolute Gasteiger partial charge is 0.308 e. The lowest BCUT2D eigenvalue weighted by atomic mass is 9.96. The fraction of sp³-hybridized carbons (Fsp3) is 0.500. The number of hydrogen-bond acceptors (Lipinski definition) is 5. The second-order valence-corrected chi connectivity index (χ2v) is 6.44. The summed E-state index contributed by atoms with van der Waals surface area (Å²) in [6, 6.07) is 3.49. The van der Waals surface area contributed by atoms with E-state index in [4.69, 9.17) is 14.2 Å². The summed E-state index contributed by atoms with van der Waals surface area (Å²) in [5.41, 5.74) is 0.583. The van der Waals surface area contributed by atoms with Crippen molar-refractivity contribution in [1.82, 2.24) is 4.90 Å². The van der Waals surface area contributed by atoms with Gasteiger partial charge in [-0.1, -0.05) is 0 Å². The molecular formula is C16H20INO5. The van der Waals surface area contributed by atoms with E-state index < -0.39 is 0 Å². The lowest BCUT2D eigenvalue weighted by molar-refractivity contribution is -0.146. The van der Waals surface area contributed by atoms with Gasteiger partial charge in [0, 0.05) is 16.7 Å². The van der Waals surface area contributed by atoms with E-state index in [-0.39, 0.29) is 17.8 Å². The molecule has 1 aromatic rings. The molecule has 0 unspecified atom stereocenters. The molecular weight excluding hydrogens is 413 g/mol. The Morgan fingerprint density at radius 1 is 1.09 bits per heavy atom. The lowest BCUT2D eigenvalue weighted by Crippen LogP contribution is -2.40. The molecule has 1 aliphatic rings. The van der Waals surface area contributed by atoms with Gasteiger partial charge in [-0.15, -0.1) is 0 Å². The largest absolute Gasteiger partial charge is 0.493 e. The zero-order valence-corrected chi connectivity index (χ0v) is 15.6. The van der Waals surface area contributed by atoms with Crippen LogP contribution in [0.4, 0.5) is 0 Å². The molecule has 0 bridgehead atoms. The highest BCUT2D eigenvalue weighted by molar-refractivity contribution is 14.1. The number of rotatable bonds is 4. The van der Waals surface area contributed by atoms with E-state index in [9.17, 15) is 9.59 Å². The standard InChI is InChI=1S/C16H20INO5/c1-21-13-8-11(12(17)9-14(13)22-2)15(19)18-6-4-10(5-7-18)16(20)23-3/h8-10H,4-7H2,1-3H3. The first kappa shape index (κ1) is 17.8. The van der Waals surface area contributed by atoms with Gasteiger partial charge in [0.25, 0.3) is 5.91 Å². The van der Waals surface area contributed by atoms with Gasteiger partial charge < -0.3 is 19.1 Å². The predicted molar refractivity (Wildman–Crippen MR) is 92.9 cm³/mol. The number of esters is 1. The van der Waals surface area contributed by atoms with Crippen LogP contribution in [0.5, 0.6) is 11.5 Å². The molecule has 0 radical (unpaired) electrons. The summed E-state index contributed by atoms with van der Waals surface area (Å²) >= 11 is 2.12. The van der Waals surface area contributed by atoms with E-state index in [1.807, 2.05) is 0 Å². The zero-order valence-electron chi connectivity index (χ0n) is 13.4. The first-order valence-corrected chi connectivity index (χ1v) is 8.38. The minimum Gasteiger partial charge on any atom is -0.493 e. The van der Waals surface area contributed by atoms with Gasteiger partial charge in [0.15, 0.2) is 11.5 Å². The number of ether oxygens (including phenoxy) is 3. The number of likely N-dealkylation sites (tertiary alicyclic amines) is 1. The zero-order chi connectivity index (χ0) is 17.0. The molecule has 1 saturated heterocycles. The van der Waals surface area contributed by atoms with E-state index in [1.54, 1.807) is 31.3 Å². The van der Waals surface area contributed by atoms with Crippen LogP contribution in [0.25, 0.3) is 0 Å². The van der Waals surface area contributed by atoms with Crippen LogP contribution in [0.15, 0.2) is 12.1 Å². The third-order valence-corrected chi connectivity index (χ3v) is 4.91. The first-order chi connectivity index (χ1) is 11.0. The Morgan fingerprint density at radius 2 is 1.65 bits per heavy atom. The summed E-state index contributed by atoms with van der Waals surface area (Å²) < 4.78 is 16.1. The van der Waals surface area contributed by atoms with Crippen molar-refractivity contribution in [3.05, 3.63) is 21.3 Å². The summed E-state index contributed by atoms with van der Waals surface area (Å²) in [4.78, 5) is 26.1. The number of nitrogens with zero attached hydrogens (tertiary/aromatic N) is 1. The third-order valence-electron chi connectivity index (χ3n) is 4.02. The Labute approximate surface area is 149 Å². The van der Waals surface area contributed by atoms with Gasteiger partial charge in [0.05, 0.1) is 32.8 Å². The molecule has 126 valence electrons. The van der Waals surface area contributed by atoms with Crippen molar-refractivity contribution in [2.24, 2.45) is 5.92 Å². The number of halogens is 1. The molecule has 23 heavy (non-hydrogen) atoms. The van der Waals surface area contributed by atoms with Crippen molar-refractivity contribution in [3.63, 3.8) is 0 Å². The summed E-state index contributed by atoms with van der Waals surface area (Å²) in [6.45, 7) is 1.09. The normalized spacial score (nSPS) is 15.2. The molecule has 0 spiro atoms. The minimum atomic E-state index is -0.196. The van der Waals surface area contributed by atoms with Crippen LogP contribution in [0.3, 0.4) is 0 Å². The number of benzene rings is 1. The maximum Gasteiger partial charge on any atom is 0.308 e. The van der Waals surface area contributed by atoms with E-state index in [1.165, 1.54) is 7.11 Å². The number of carbonyl (C=O) groups excluding carboxylic acids is 2. The second kappa shape index (κ2) is 7.85. The van der Waals surface area contributed by atoms with Crippen LogP contribution in [-0.2, 0) is 9.53 Å². The lowest BCUT2D eigenvalue weighted by Gasteiger charge is -2.31. The first-order valence-electron chi connectivity index (χ1n) is 7.30. The topological polar surface area (TPSA) is 65.1 Å². The average molecular weight is 433 g/mol. The molecule has 0 saturated carbocycles. The number of methoxy groups -OCH3 is 3. The van der Waals surface area contributed by atoms with E-state index >= 15 is 0 Å². The number of hydrogen-bond donors (Lipinski definition) is 0. The maximum atomic E-state index is 12.7. The molecule has 1 aromatic carbocycles. The highest BCUT2D eigenvalue weighted by Crippen LogP contribution is 2.32.